The highest BCUT2D eigenvalue weighted by Crippen LogP contribution is 2.12. The van der Waals surface area contributed by atoms with Gasteiger partial charge in [0.15, 0.2) is 0 Å². The molecule has 0 N–H and O–H groups in total. The van der Waals surface area contributed by atoms with Gasteiger partial charge in [0, 0.05) is 12.5 Å². The van der Waals surface area contributed by atoms with E-state index in [9.17, 15) is 4.21 Å². The summed E-state index contributed by atoms with van der Waals surface area (Å²) < 4.78 is 11.7. The van der Waals surface area contributed by atoms with E-state index in [0.717, 1.165) is 10.2 Å². The Kier molecular flexibility index (Phi) is 2.72. The lowest BCUT2D eigenvalue weighted by Crippen LogP contribution is -1.98. The number of aromatic nitrogens is 2. The Labute approximate surface area is 75.8 Å². The molecule has 0 amide bonds. The predicted molar refractivity (Wildman–Crippen MR) is 46.8 cm³/mol. The molecule has 1 atom stereocenters. The van der Waals surface area contributed by atoms with Crippen LogP contribution in [-0.4, -0.2) is 20.4 Å². The van der Waals surface area contributed by atoms with E-state index in [2.05, 4.69) is 25.9 Å². The molecule has 5 heteroatoms. The Bertz CT molecular complexity index is 303. The van der Waals surface area contributed by atoms with Gasteiger partial charge >= 0.3 is 0 Å². The monoisotopic (exact) mass is 234 g/mol. The fourth-order valence-corrected chi connectivity index (χ4v) is 1.23. The van der Waals surface area contributed by atoms with Crippen LogP contribution in [0.3, 0.4) is 0 Å². The van der Waals surface area contributed by atoms with Crippen LogP contribution < -0.4 is 0 Å². The van der Waals surface area contributed by atoms with Gasteiger partial charge in [0.1, 0.15) is 0 Å². The van der Waals surface area contributed by atoms with Gasteiger partial charge in [-0.2, -0.15) is 0 Å². The number of rotatable bonds is 1. The summed E-state index contributed by atoms with van der Waals surface area (Å²) in [6.45, 7) is 1.84. The van der Waals surface area contributed by atoms with Gasteiger partial charge in [-0.25, -0.2) is 9.97 Å². The minimum absolute atomic E-state index is 0.380. The van der Waals surface area contributed by atoms with Crippen LogP contribution in [0.4, 0.5) is 0 Å². The number of hydrogen-bond acceptors (Lipinski definition) is 3. The van der Waals surface area contributed by atoms with Crippen LogP contribution in [0.2, 0.25) is 0 Å². The number of hydrogen-bond donors (Lipinski definition) is 0. The third-order valence-electron chi connectivity index (χ3n) is 1.15. The molecule has 0 saturated heterocycles. The molecule has 0 unspecified atom stereocenters. The molecule has 0 spiro atoms. The maximum atomic E-state index is 10.9. The van der Waals surface area contributed by atoms with Gasteiger partial charge < -0.3 is 0 Å². The van der Waals surface area contributed by atoms with Crippen molar-refractivity contribution < 1.29 is 4.21 Å². The zero-order valence-electron chi connectivity index (χ0n) is 6.17. The minimum Gasteiger partial charge on any atom is -0.251 e. The quantitative estimate of drug-likeness (QED) is 0.688. The third kappa shape index (κ3) is 2.07. The summed E-state index contributed by atoms with van der Waals surface area (Å²) in [5.74, 6) is 0. The minimum atomic E-state index is -1.09. The van der Waals surface area contributed by atoms with Gasteiger partial charge in [-0.1, -0.05) is 0 Å². The van der Waals surface area contributed by atoms with E-state index >= 15 is 0 Å². The molecular formula is C6H7BrN2OS. The second kappa shape index (κ2) is 3.40. The summed E-state index contributed by atoms with van der Waals surface area (Å²) >= 11 is 3.25. The molecule has 0 aliphatic rings. The van der Waals surface area contributed by atoms with Gasteiger partial charge in [-0.3, -0.25) is 4.21 Å². The molecule has 0 aromatic carbocycles. The lowest BCUT2D eigenvalue weighted by molar-refractivity contribution is 0.678. The van der Waals surface area contributed by atoms with Crippen molar-refractivity contribution in [1.29, 1.82) is 0 Å². The maximum absolute atomic E-state index is 10.9. The Morgan fingerprint density at radius 3 is 2.73 bits per heavy atom. The Balaban J connectivity index is 3.15. The van der Waals surface area contributed by atoms with Crippen LogP contribution in [0.5, 0.6) is 0 Å². The molecule has 60 valence electrons. The first kappa shape index (κ1) is 8.80. The smallest absolute Gasteiger partial charge is 0.218 e. The van der Waals surface area contributed by atoms with Gasteiger partial charge in [0.25, 0.3) is 0 Å². The molecule has 3 nitrogen and oxygen atoms in total. The normalized spacial score (nSPS) is 13.0. The summed E-state index contributed by atoms with van der Waals surface area (Å²) in [6, 6.07) is 0. The van der Waals surface area contributed by atoms with E-state index < -0.39 is 10.8 Å². The Morgan fingerprint density at radius 1 is 1.64 bits per heavy atom. The van der Waals surface area contributed by atoms with E-state index in [1.54, 1.807) is 12.5 Å². The maximum Gasteiger partial charge on any atom is 0.218 e. The average molecular weight is 235 g/mol. The molecule has 1 aromatic rings. The van der Waals surface area contributed by atoms with Crippen LogP contribution in [0, 0.1) is 6.92 Å². The second-order valence-corrected chi connectivity index (χ2v) is 4.17. The lowest BCUT2D eigenvalue weighted by Gasteiger charge is -1.97. The van der Waals surface area contributed by atoms with Crippen LogP contribution >= 0.6 is 15.9 Å². The molecule has 0 aliphatic heterocycles. The zero-order valence-corrected chi connectivity index (χ0v) is 8.57. The molecule has 11 heavy (non-hydrogen) atoms. The highest BCUT2D eigenvalue weighted by molar-refractivity contribution is 9.10. The van der Waals surface area contributed by atoms with Crippen molar-refractivity contribution in [2.24, 2.45) is 0 Å². The van der Waals surface area contributed by atoms with Gasteiger partial charge in [0.05, 0.1) is 21.0 Å². The molecule has 1 rings (SSSR count). The number of nitrogens with zero attached hydrogens (tertiary/aromatic N) is 2. The van der Waals surface area contributed by atoms with Crippen molar-refractivity contribution in [2.75, 3.05) is 6.26 Å². The van der Waals surface area contributed by atoms with Crippen molar-refractivity contribution in [3.8, 4) is 0 Å². The highest BCUT2D eigenvalue weighted by atomic mass is 79.9. The molecule has 0 radical (unpaired) electrons. The van der Waals surface area contributed by atoms with Crippen LogP contribution in [-0.2, 0) is 10.8 Å². The summed E-state index contributed by atoms with van der Waals surface area (Å²) in [7, 11) is -1.09. The van der Waals surface area contributed by atoms with E-state index in [4.69, 9.17) is 0 Å². The van der Waals surface area contributed by atoms with E-state index in [0.29, 0.717) is 5.16 Å². The predicted octanol–water partition coefficient (Wildman–Crippen LogP) is 1.28. The van der Waals surface area contributed by atoms with E-state index in [1.165, 1.54) is 0 Å². The van der Waals surface area contributed by atoms with Gasteiger partial charge in [0.2, 0.25) is 5.16 Å². The van der Waals surface area contributed by atoms with Crippen LogP contribution in [0.1, 0.15) is 5.69 Å². The molecular weight excluding hydrogens is 228 g/mol. The fourth-order valence-electron chi connectivity index (χ4n) is 0.570. The highest BCUT2D eigenvalue weighted by Gasteiger charge is 2.02. The van der Waals surface area contributed by atoms with E-state index in [-0.39, 0.29) is 0 Å². The molecule has 0 fully saturated rings. The molecule has 1 heterocycles. The van der Waals surface area contributed by atoms with Crippen molar-refractivity contribution in [3.05, 3.63) is 16.4 Å². The Hall–Kier alpha value is -0.290. The summed E-state index contributed by atoms with van der Waals surface area (Å²) in [6.07, 6.45) is 3.17. The molecule has 0 aliphatic carbocycles. The second-order valence-electron chi connectivity index (χ2n) is 2.04. The van der Waals surface area contributed by atoms with Crippen LogP contribution in [0.25, 0.3) is 0 Å². The lowest BCUT2D eigenvalue weighted by atomic mass is 10.5. The van der Waals surface area contributed by atoms with Crippen LogP contribution in [0.15, 0.2) is 15.8 Å². The first-order valence-electron chi connectivity index (χ1n) is 2.94. The number of halogens is 1. The summed E-state index contributed by atoms with van der Waals surface area (Å²) in [4.78, 5) is 7.89. The van der Waals surface area contributed by atoms with Crippen molar-refractivity contribution in [3.63, 3.8) is 0 Å². The molecule has 0 saturated carbocycles. The third-order valence-corrected chi connectivity index (χ3v) is 2.64. The van der Waals surface area contributed by atoms with E-state index in [1.807, 2.05) is 6.92 Å². The largest absolute Gasteiger partial charge is 0.251 e. The van der Waals surface area contributed by atoms with Crippen molar-refractivity contribution in [1.82, 2.24) is 9.97 Å². The van der Waals surface area contributed by atoms with Gasteiger partial charge in [-0.15, -0.1) is 0 Å². The zero-order chi connectivity index (χ0) is 8.43. The standard InChI is InChI=1S/C6H7BrN2OS/c1-4-5(7)3-8-6(9-4)11(2)10/h3H,1-2H3/t11-/m1/s1. The average Bonchev–Trinajstić information content (AvgIpc) is 1.94. The first-order valence-corrected chi connectivity index (χ1v) is 5.29. The summed E-state index contributed by atoms with van der Waals surface area (Å²) in [5, 5.41) is 0.380. The fraction of sp³-hybridized carbons (Fsp3) is 0.333. The van der Waals surface area contributed by atoms with Gasteiger partial charge in [-0.05, 0) is 22.9 Å². The number of aryl methyl sites for hydroxylation is 1. The Morgan fingerprint density at radius 2 is 2.27 bits per heavy atom. The topological polar surface area (TPSA) is 42.9 Å². The molecule has 0 bridgehead atoms. The van der Waals surface area contributed by atoms with Crippen molar-refractivity contribution >= 4 is 26.7 Å². The van der Waals surface area contributed by atoms with Crippen molar-refractivity contribution in [2.45, 2.75) is 12.1 Å². The molecule has 1 aromatic heterocycles. The summed E-state index contributed by atoms with van der Waals surface area (Å²) in [5.41, 5.74) is 0.810. The SMILES string of the molecule is Cc1nc([S@@](C)=O)ncc1Br. The first-order chi connectivity index (χ1) is 5.11.